The van der Waals surface area contributed by atoms with Crippen molar-refractivity contribution in [3.8, 4) is 5.75 Å². The molecule has 1 aromatic heterocycles. The number of hydrogen-bond donors (Lipinski definition) is 2. The molecule has 0 saturated carbocycles. The number of thiocarbonyl (C=S) groups is 1. The Balaban J connectivity index is 1.53. The lowest BCUT2D eigenvalue weighted by molar-refractivity contribution is 0.305. The monoisotopic (exact) mass is 431 g/mol. The van der Waals surface area contributed by atoms with Gasteiger partial charge in [-0.15, -0.1) is 0 Å². The molecule has 0 aliphatic rings. The van der Waals surface area contributed by atoms with Crippen LogP contribution < -0.4 is 15.4 Å². The standard InChI is InChI=1S/C21H19Cl2N3OS/c1-14(25-21(28)26-20-9-6-17(22)11-19(20)23)16-4-7-18(8-5-16)27-13-15-3-2-10-24-12-15/h2-12,14H,13H2,1H3,(H2,25,26,28). The van der Waals surface area contributed by atoms with E-state index in [1.165, 1.54) is 0 Å². The van der Waals surface area contributed by atoms with Gasteiger partial charge in [0.2, 0.25) is 0 Å². The highest BCUT2D eigenvalue weighted by molar-refractivity contribution is 7.80. The summed E-state index contributed by atoms with van der Waals surface area (Å²) in [6.45, 7) is 2.51. The summed E-state index contributed by atoms with van der Waals surface area (Å²) in [6.07, 6.45) is 3.54. The minimum absolute atomic E-state index is 0.0125. The second kappa shape index (κ2) is 9.73. The van der Waals surface area contributed by atoms with Gasteiger partial charge in [-0.2, -0.15) is 0 Å². The molecule has 144 valence electrons. The maximum atomic E-state index is 6.17. The molecule has 0 bridgehead atoms. The first-order valence-corrected chi connectivity index (χ1v) is 9.82. The molecule has 3 rings (SSSR count). The summed E-state index contributed by atoms with van der Waals surface area (Å²) >= 11 is 17.5. The Hall–Kier alpha value is -2.34. The topological polar surface area (TPSA) is 46.2 Å². The van der Waals surface area contributed by atoms with Gasteiger partial charge in [-0.1, -0.05) is 41.4 Å². The number of rotatable bonds is 6. The Morgan fingerprint density at radius 2 is 1.93 bits per heavy atom. The number of pyridine rings is 1. The molecule has 3 aromatic rings. The Kier molecular flexibility index (Phi) is 7.09. The van der Waals surface area contributed by atoms with Crippen LogP contribution in [0.4, 0.5) is 5.69 Å². The number of halogens is 2. The zero-order valence-corrected chi connectivity index (χ0v) is 17.5. The fourth-order valence-corrected chi connectivity index (χ4v) is 3.27. The summed E-state index contributed by atoms with van der Waals surface area (Å²) in [5.41, 5.74) is 2.81. The Morgan fingerprint density at radius 1 is 1.14 bits per heavy atom. The highest BCUT2D eigenvalue weighted by Gasteiger charge is 2.09. The van der Waals surface area contributed by atoms with Crippen LogP contribution in [0.15, 0.2) is 67.0 Å². The molecule has 0 spiro atoms. The van der Waals surface area contributed by atoms with Crippen LogP contribution in [-0.4, -0.2) is 10.1 Å². The molecule has 0 fully saturated rings. The SMILES string of the molecule is CC(NC(=S)Nc1ccc(Cl)cc1Cl)c1ccc(OCc2cccnc2)cc1. The third-order valence-electron chi connectivity index (χ3n) is 4.04. The lowest BCUT2D eigenvalue weighted by Gasteiger charge is -2.18. The van der Waals surface area contributed by atoms with Crippen molar-refractivity contribution in [1.82, 2.24) is 10.3 Å². The summed E-state index contributed by atoms with van der Waals surface area (Å²) < 4.78 is 5.79. The Morgan fingerprint density at radius 3 is 2.61 bits per heavy atom. The maximum Gasteiger partial charge on any atom is 0.171 e. The molecule has 2 aromatic carbocycles. The quantitative estimate of drug-likeness (QED) is 0.467. The van der Waals surface area contributed by atoms with Gasteiger partial charge in [-0.25, -0.2) is 0 Å². The van der Waals surface area contributed by atoms with Gasteiger partial charge in [0.05, 0.1) is 16.8 Å². The predicted octanol–water partition coefficient (Wildman–Crippen LogP) is 6.02. The fraction of sp³-hybridized carbons (Fsp3) is 0.143. The van der Waals surface area contributed by atoms with Gasteiger partial charge in [0.1, 0.15) is 12.4 Å². The lowest BCUT2D eigenvalue weighted by Crippen LogP contribution is -2.30. The number of benzene rings is 2. The third kappa shape index (κ3) is 5.83. The number of aromatic nitrogens is 1. The van der Waals surface area contributed by atoms with Crippen LogP contribution in [0, 0.1) is 0 Å². The van der Waals surface area contributed by atoms with Gasteiger partial charge in [-0.3, -0.25) is 4.98 Å². The summed E-state index contributed by atoms with van der Waals surface area (Å²) in [5, 5.41) is 7.90. The molecule has 0 amide bonds. The smallest absolute Gasteiger partial charge is 0.171 e. The average Bonchev–Trinajstić information content (AvgIpc) is 2.69. The summed E-state index contributed by atoms with van der Waals surface area (Å²) in [7, 11) is 0. The van der Waals surface area contributed by atoms with Crippen molar-refractivity contribution < 1.29 is 4.74 Å². The van der Waals surface area contributed by atoms with E-state index in [0.29, 0.717) is 27.5 Å². The second-order valence-electron chi connectivity index (χ2n) is 6.16. The molecule has 1 heterocycles. The first kappa shape index (κ1) is 20.4. The summed E-state index contributed by atoms with van der Waals surface area (Å²) in [6, 6.07) is 17.0. The molecular weight excluding hydrogens is 413 g/mol. The fourth-order valence-electron chi connectivity index (χ4n) is 2.53. The van der Waals surface area contributed by atoms with Crippen molar-refractivity contribution >= 4 is 46.2 Å². The van der Waals surface area contributed by atoms with Crippen LogP contribution >= 0.6 is 35.4 Å². The van der Waals surface area contributed by atoms with E-state index < -0.39 is 0 Å². The first-order valence-electron chi connectivity index (χ1n) is 8.65. The molecule has 2 N–H and O–H groups in total. The van der Waals surface area contributed by atoms with Crippen LogP contribution in [-0.2, 0) is 6.61 Å². The number of nitrogens with zero attached hydrogens (tertiary/aromatic N) is 1. The molecule has 0 aliphatic heterocycles. The molecule has 1 unspecified atom stereocenters. The Bertz CT molecular complexity index is 936. The van der Waals surface area contributed by atoms with E-state index in [2.05, 4.69) is 15.6 Å². The maximum absolute atomic E-state index is 6.17. The predicted molar refractivity (Wildman–Crippen MR) is 119 cm³/mol. The summed E-state index contributed by atoms with van der Waals surface area (Å²) in [5.74, 6) is 0.799. The van der Waals surface area contributed by atoms with Crippen LogP contribution in [0.3, 0.4) is 0 Å². The van der Waals surface area contributed by atoms with E-state index in [4.69, 9.17) is 40.2 Å². The van der Waals surface area contributed by atoms with Gasteiger partial charge in [0, 0.05) is 23.0 Å². The molecule has 0 saturated heterocycles. The van der Waals surface area contributed by atoms with Gasteiger partial charge in [0.25, 0.3) is 0 Å². The molecule has 1 atom stereocenters. The van der Waals surface area contributed by atoms with Gasteiger partial charge < -0.3 is 15.4 Å². The molecule has 7 heteroatoms. The van der Waals surface area contributed by atoms with E-state index in [9.17, 15) is 0 Å². The lowest BCUT2D eigenvalue weighted by atomic mass is 10.1. The number of nitrogens with one attached hydrogen (secondary N) is 2. The van der Waals surface area contributed by atoms with Crippen molar-refractivity contribution in [2.24, 2.45) is 0 Å². The van der Waals surface area contributed by atoms with Gasteiger partial charge in [0.15, 0.2) is 5.11 Å². The van der Waals surface area contributed by atoms with E-state index >= 15 is 0 Å². The molecule has 0 aliphatic carbocycles. The highest BCUT2D eigenvalue weighted by Crippen LogP contribution is 2.25. The van der Waals surface area contributed by atoms with E-state index in [1.54, 1.807) is 30.6 Å². The van der Waals surface area contributed by atoms with Crippen LogP contribution in [0.25, 0.3) is 0 Å². The average molecular weight is 432 g/mol. The second-order valence-corrected chi connectivity index (χ2v) is 7.42. The van der Waals surface area contributed by atoms with Crippen LogP contribution in [0.1, 0.15) is 24.1 Å². The number of anilines is 1. The molecule has 28 heavy (non-hydrogen) atoms. The first-order chi connectivity index (χ1) is 13.5. The zero-order valence-electron chi connectivity index (χ0n) is 15.2. The minimum Gasteiger partial charge on any atom is -0.489 e. The third-order valence-corrected chi connectivity index (χ3v) is 4.80. The van der Waals surface area contributed by atoms with Gasteiger partial charge >= 0.3 is 0 Å². The van der Waals surface area contributed by atoms with Crippen molar-refractivity contribution in [2.45, 2.75) is 19.6 Å². The number of hydrogen-bond acceptors (Lipinski definition) is 3. The van der Waals surface area contributed by atoms with Crippen molar-refractivity contribution in [1.29, 1.82) is 0 Å². The van der Waals surface area contributed by atoms with E-state index in [-0.39, 0.29) is 6.04 Å². The number of ether oxygens (including phenoxy) is 1. The molecule has 4 nitrogen and oxygen atoms in total. The largest absolute Gasteiger partial charge is 0.489 e. The normalized spacial score (nSPS) is 11.5. The minimum atomic E-state index is 0.0125. The van der Waals surface area contributed by atoms with E-state index in [0.717, 1.165) is 16.9 Å². The zero-order chi connectivity index (χ0) is 19.9. The molecular formula is C21H19Cl2N3OS. The van der Waals surface area contributed by atoms with E-state index in [1.807, 2.05) is 43.3 Å². The highest BCUT2D eigenvalue weighted by atomic mass is 35.5. The Labute approximate surface area is 179 Å². The van der Waals surface area contributed by atoms with Gasteiger partial charge in [-0.05, 0) is 61.1 Å². The summed E-state index contributed by atoms with van der Waals surface area (Å²) in [4.78, 5) is 4.08. The van der Waals surface area contributed by atoms with Crippen molar-refractivity contribution in [2.75, 3.05) is 5.32 Å². The van der Waals surface area contributed by atoms with Crippen LogP contribution in [0.5, 0.6) is 5.75 Å². The van der Waals surface area contributed by atoms with Crippen LogP contribution in [0.2, 0.25) is 10.0 Å². The molecule has 0 radical (unpaired) electrons. The van der Waals surface area contributed by atoms with Crippen molar-refractivity contribution in [3.05, 3.63) is 88.2 Å². The van der Waals surface area contributed by atoms with Crippen molar-refractivity contribution in [3.63, 3.8) is 0 Å².